The Bertz CT molecular complexity index is 521. The van der Waals surface area contributed by atoms with Crippen molar-refractivity contribution in [2.45, 2.75) is 13.0 Å². The lowest BCUT2D eigenvalue weighted by Crippen LogP contribution is -2.51. The molecule has 0 aromatic heterocycles. The van der Waals surface area contributed by atoms with Gasteiger partial charge in [0.15, 0.2) is 11.5 Å². The number of amides is 1. The van der Waals surface area contributed by atoms with Gasteiger partial charge in [-0.25, -0.2) is 0 Å². The third-order valence-electron chi connectivity index (χ3n) is 3.81. The van der Waals surface area contributed by atoms with Crippen LogP contribution in [0.2, 0.25) is 0 Å². The molecule has 0 saturated carbocycles. The molecule has 1 saturated heterocycles. The van der Waals surface area contributed by atoms with Crippen LogP contribution in [0, 0.1) is 0 Å². The summed E-state index contributed by atoms with van der Waals surface area (Å²) in [6.07, 6.45) is 0. The van der Waals surface area contributed by atoms with Crippen LogP contribution in [0.5, 0.6) is 11.5 Å². The van der Waals surface area contributed by atoms with Crippen molar-refractivity contribution in [3.63, 3.8) is 0 Å². The number of ether oxygens (including phenoxy) is 2. The zero-order valence-corrected chi connectivity index (χ0v) is 12.2. The van der Waals surface area contributed by atoms with Gasteiger partial charge in [-0.2, -0.15) is 0 Å². The average Bonchev–Trinajstić information content (AvgIpc) is 2.49. The molecule has 21 heavy (non-hydrogen) atoms. The van der Waals surface area contributed by atoms with Gasteiger partial charge in [0.2, 0.25) is 5.91 Å². The van der Waals surface area contributed by atoms with Gasteiger partial charge < -0.3 is 20.1 Å². The molecule has 1 fully saturated rings. The zero-order valence-electron chi connectivity index (χ0n) is 12.2. The summed E-state index contributed by atoms with van der Waals surface area (Å²) >= 11 is 0. The third-order valence-corrected chi connectivity index (χ3v) is 3.81. The summed E-state index contributed by atoms with van der Waals surface area (Å²) < 4.78 is 11.0. The number of carbonyl (C=O) groups is 1. The maximum absolute atomic E-state index is 12.1. The number of nitrogens with zero attached hydrogens (tertiary/aromatic N) is 1. The van der Waals surface area contributed by atoms with Gasteiger partial charge in [0.1, 0.15) is 13.2 Å². The molecule has 2 aliphatic heterocycles. The largest absolute Gasteiger partial charge is 0.486 e. The molecule has 1 aromatic carbocycles. The van der Waals surface area contributed by atoms with Gasteiger partial charge in [0.05, 0.1) is 6.54 Å². The Labute approximate surface area is 124 Å². The van der Waals surface area contributed by atoms with E-state index in [1.54, 1.807) is 0 Å². The van der Waals surface area contributed by atoms with Crippen molar-refractivity contribution in [3.05, 3.63) is 18.2 Å². The minimum Gasteiger partial charge on any atom is -0.486 e. The normalized spacial score (nSPS) is 21.9. The Morgan fingerprint density at radius 3 is 3.00 bits per heavy atom. The molecule has 114 valence electrons. The predicted octanol–water partition coefficient (Wildman–Crippen LogP) is 0.690. The Hall–Kier alpha value is -1.79. The van der Waals surface area contributed by atoms with Crippen molar-refractivity contribution in [1.82, 2.24) is 10.2 Å². The smallest absolute Gasteiger partial charge is 0.238 e. The number of fused-ring (bicyclic) bond motifs is 1. The maximum atomic E-state index is 12.1. The van der Waals surface area contributed by atoms with Crippen LogP contribution in [0.3, 0.4) is 0 Å². The van der Waals surface area contributed by atoms with E-state index in [0.29, 0.717) is 31.5 Å². The highest BCUT2D eigenvalue weighted by molar-refractivity contribution is 5.92. The molecule has 1 atom stereocenters. The van der Waals surface area contributed by atoms with Gasteiger partial charge in [0.25, 0.3) is 0 Å². The van der Waals surface area contributed by atoms with Crippen LogP contribution in [0.4, 0.5) is 5.69 Å². The molecule has 3 rings (SSSR count). The number of piperazine rings is 1. The molecule has 6 nitrogen and oxygen atoms in total. The van der Waals surface area contributed by atoms with Crippen LogP contribution in [-0.4, -0.2) is 56.2 Å². The predicted molar refractivity (Wildman–Crippen MR) is 80.0 cm³/mol. The van der Waals surface area contributed by atoms with Crippen molar-refractivity contribution in [2.75, 3.05) is 44.7 Å². The summed E-state index contributed by atoms with van der Waals surface area (Å²) in [4.78, 5) is 14.3. The van der Waals surface area contributed by atoms with Crippen molar-refractivity contribution < 1.29 is 14.3 Å². The van der Waals surface area contributed by atoms with E-state index in [9.17, 15) is 4.79 Å². The SMILES string of the molecule is C[C@H]1CNCCN1CC(=O)Nc1ccc2c(c1)OCCO2. The molecule has 1 amide bonds. The molecule has 0 radical (unpaired) electrons. The van der Waals surface area contributed by atoms with E-state index < -0.39 is 0 Å². The van der Waals surface area contributed by atoms with E-state index in [-0.39, 0.29) is 5.91 Å². The topological polar surface area (TPSA) is 62.8 Å². The van der Waals surface area contributed by atoms with Crippen molar-refractivity contribution in [2.24, 2.45) is 0 Å². The van der Waals surface area contributed by atoms with Crippen molar-refractivity contribution in [3.8, 4) is 11.5 Å². The van der Waals surface area contributed by atoms with Gasteiger partial charge >= 0.3 is 0 Å². The summed E-state index contributed by atoms with van der Waals surface area (Å²) in [7, 11) is 0. The Kier molecular flexibility index (Phi) is 4.26. The van der Waals surface area contributed by atoms with Crippen LogP contribution in [0.15, 0.2) is 18.2 Å². The second-order valence-electron chi connectivity index (χ2n) is 5.43. The lowest BCUT2D eigenvalue weighted by atomic mass is 10.2. The highest BCUT2D eigenvalue weighted by atomic mass is 16.6. The van der Waals surface area contributed by atoms with Gasteiger partial charge in [-0.1, -0.05) is 0 Å². The van der Waals surface area contributed by atoms with E-state index in [4.69, 9.17) is 9.47 Å². The molecule has 2 N–H and O–H groups in total. The van der Waals surface area contributed by atoms with E-state index >= 15 is 0 Å². The fourth-order valence-corrected chi connectivity index (χ4v) is 2.62. The first-order chi connectivity index (χ1) is 10.2. The minimum absolute atomic E-state index is 0.000396. The Balaban J connectivity index is 1.59. The van der Waals surface area contributed by atoms with Gasteiger partial charge in [0, 0.05) is 37.4 Å². The van der Waals surface area contributed by atoms with Crippen molar-refractivity contribution >= 4 is 11.6 Å². The molecule has 0 bridgehead atoms. The number of anilines is 1. The van der Waals surface area contributed by atoms with Crippen LogP contribution in [0.25, 0.3) is 0 Å². The Morgan fingerprint density at radius 2 is 2.19 bits per heavy atom. The van der Waals surface area contributed by atoms with Crippen LogP contribution in [-0.2, 0) is 4.79 Å². The lowest BCUT2D eigenvalue weighted by molar-refractivity contribution is -0.118. The van der Waals surface area contributed by atoms with E-state index in [0.717, 1.165) is 31.1 Å². The molecule has 0 spiro atoms. The van der Waals surface area contributed by atoms with Gasteiger partial charge in [-0.3, -0.25) is 9.69 Å². The van der Waals surface area contributed by atoms with Gasteiger partial charge in [-0.05, 0) is 19.1 Å². The molecule has 2 heterocycles. The number of nitrogens with one attached hydrogen (secondary N) is 2. The number of benzene rings is 1. The van der Waals surface area contributed by atoms with E-state index in [1.807, 2.05) is 18.2 Å². The molecule has 6 heteroatoms. The van der Waals surface area contributed by atoms with Crippen LogP contribution < -0.4 is 20.1 Å². The molecule has 0 aliphatic carbocycles. The lowest BCUT2D eigenvalue weighted by Gasteiger charge is -2.33. The maximum Gasteiger partial charge on any atom is 0.238 e. The molecular formula is C15H21N3O3. The number of carbonyl (C=O) groups excluding carboxylic acids is 1. The summed E-state index contributed by atoms with van der Waals surface area (Å²) in [5.41, 5.74) is 0.743. The van der Waals surface area contributed by atoms with E-state index in [2.05, 4.69) is 22.5 Å². The highest BCUT2D eigenvalue weighted by Crippen LogP contribution is 2.32. The summed E-state index contributed by atoms with van der Waals surface area (Å²) in [6.45, 7) is 6.41. The summed E-state index contributed by atoms with van der Waals surface area (Å²) in [6, 6.07) is 5.86. The molecule has 2 aliphatic rings. The Morgan fingerprint density at radius 1 is 1.38 bits per heavy atom. The van der Waals surface area contributed by atoms with Gasteiger partial charge in [-0.15, -0.1) is 0 Å². The molecule has 1 aromatic rings. The first-order valence-corrected chi connectivity index (χ1v) is 7.36. The number of hydrogen-bond donors (Lipinski definition) is 2. The second kappa shape index (κ2) is 6.32. The first kappa shape index (κ1) is 14.2. The minimum atomic E-state index is 0.000396. The fourth-order valence-electron chi connectivity index (χ4n) is 2.62. The number of hydrogen-bond acceptors (Lipinski definition) is 5. The number of rotatable bonds is 3. The first-order valence-electron chi connectivity index (χ1n) is 7.36. The molecule has 0 unspecified atom stereocenters. The monoisotopic (exact) mass is 291 g/mol. The van der Waals surface area contributed by atoms with E-state index in [1.165, 1.54) is 0 Å². The highest BCUT2D eigenvalue weighted by Gasteiger charge is 2.20. The standard InChI is InChI=1S/C15H21N3O3/c1-11-9-16-4-5-18(11)10-15(19)17-12-2-3-13-14(8-12)21-7-6-20-13/h2-3,8,11,16H,4-7,9-10H2,1H3,(H,17,19)/t11-/m0/s1. The van der Waals surface area contributed by atoms with Crippen molar-refractivity contribution in [1.29, 1.82) is 0 Å². The molecular weight excluding hydrogens is 270 g/mol. The third kappa shape index (κ3) is 3.46. The summed E-state index contributed by atoms with van der Waals surface area (Å²) in [5.74, 6) is 1.42. The summed E-state index contributed by atoms with van der Waals surface area (Å²) in [5, 5.41) is 6.24. The van der Waals surface area contributed by atoms with Crippen LogP contribution in [0.1, 0.15) is 6.92 Å². The fraction of sp³-hybridized carbons (Fsp3) is 0.533. The second-order valence-corrected chi connectivity index (χ2v) is 5.43. The average molecular weight is 291 g/mol. The quantitative estimate of drug-likeness (QED) is 0.858. The zero-order chi connectivity index (χ0) is 14.7. The van der Waals surface area contributed by atoms with Crippen LogP contribution >= 0.6 is 0 Å².